The van der Waals surface area contributed by atoms with Crippen LogP contribution in [0.4, 0.5) is 0 Å². The standard InChI is InChI=1S/C16H24O7/c1-9(20-10(2)17)4-12(21-11(3)18)5-13-6-14-7-15(22-13)8-16(19)23-14/h9,12-15H,4-8H2,1-3H3/t9-,12-,13-,14-,15+/m0/s1. The zero-order valence-electron chi connectivity index (χ0n) is 13.8. The van der Waals surface area contributed by atoms with Crippen molar-refractivity contribution in [3.8, 4) is 0 Å². The van der Waals surface area contributed by atoms with Gasteiger partial charge in [-0.05, 0) is 6.92 Å². The molecule has 0 aromatic rings. The number of hydrogen-bond acceptors (Lipinski definition) is 7. The van der Waals surface area contributed by atoms with E-state index in [2.05, 4.69) is 0 Å². The molecule has 2 aliphatic heterocycles. The summed E-state index contributed by atoms with van der Waals surface area (Å²) >= 11 is 0. The van der Waals surface area contributed by atoms with Gasteiger partial charge < -0.3 is 18.9 Å². The Labute approximate surface area is 135 Å². The van der Waals surface area contributed by atoms with Crippen molar-refractivity contribution < 1.29 is 33.3 Å². The molecule has 2 heterocycles. The van der Waals surface area contributed by atoms with Crippen LogP contribution in [0.25, 0.3) is 0 Å². The largest absolute Gasteiger partial charge is 0.463 e. The lowest BCUT2D eigenvalue weighted by atomic mass is 9.93. The maximum Gasteiger partial charge on any atom is 0.308 e. The summed E-state index contributed by atoms with van der Waals surface area (Å²) in [6.45, 7) is 4.45. The van der Waals surface area contributed by atoms with Gasteiger partial charge in [-0.1, -0.05) is 0 Å². The van der Waals surface area contributed by atoms with Crippen molar-refractivity contribution in [2.45, 2.75) is 83.4 Å². The highest BCUT2D eigenvalue weighted by molar-refractivity contribution is 5.71. The molecule has 0 unspecified atom stereocenters. The minimum atomic E-state index is -0.402. The van der Waals surface area contributed by atoms with Crippen molar-refractivity contribution in [2.75, 3.05) is 0 Å². The van der Waals surface area contributed by atoms with E-state index in [9.17, 15) is 14.4 Å². The van der Waals surface area contributed by atoms with Gasteiger partial charge in [0, 0.05) is 39.5 Å². The zero-order chi connectivity index (χ0) is 17.0. The molecule has 5 atom stereocenters. The summed E-state index contributed by atoms with van der Waals surface area (Å²) in [7, 11) is 0. The lowest BCUT2D eigenvalue weighted by Gasteiger charge is -2.39. The third-order valence-corrected chi connectivity index (χ3v) is 3.95. The van der Waals surface area contributed by atoms with E-state index in [1.807, 2.05) is 0 Å². The van der Waals surface area contributed by atoms with E-state index in [-0.39, 0.29) is 48.7 Å². The van der Waals surface area contributed by atoms with Crippen molar-refractivity contribution in [3.63, 3.8) is 0 Å². The van der Waals surface area contributed by atoms with E-state index in [1.54, 1.807) is 6.92 Å². The van der Waals surface area contributed by atoms with Crippen molar-refractivity contribution in [2.24, 2.45) is 0 Å². The van der Waals surface area contributed by atoms with Crippen LogP contribution in [0.1, 0.15) is 52.9 Å². The van der Waals surface area contributed by atoms with Crippen molar-refractivity contribution in [3.05, 3.63) is 0 Å². The molecule has 0 aliphatic carbocycles. The molecule has 2 saturated heterocycles. The molecule has 130 valence electrons. The molecule has 2 fully saturated rings. The van der Waals surface area contributed by atoms with Gasteiger partial charge in [-0.2, -0.15) is 0 Å². The molecule has 2 bridgehead atoms. The van der Waals surface area contributed by atoms with Gasteiger partial charge >= 0.3 is 17.9 Å². The van der Waals surface area contributed by atoms with Gasteiger partial charge in [0.2, 0.25) is 0 Å². The molecular weight excluding hydrogens is 304 g/mol. The van der Waals surface area contributed by atoms with E-state index < -0.39 is 6.10 Å². The van der Waals surface area contributed by atoms with Crippen LogP contribution in [0.2, 0.25) is 0 Å². The number of hydrogen-bond donors (Lipinski definition) is 0. The van der Waals surface area contributed by atoms with E-state index in [1.165, 1.54) is 13.8 Å². The highest BCUT2D eigenvalue weighted by Crippen LogP contribution is 2.31. The Morgan fingerprint density at radius 2 is 1.87 bits per heavy atom. The lowest BCUT2D eigenvalue weighted by molar-refractivity contribution is -0.187. The fourth-order valence-corrected chi connectivity index (χ4v) is 3.29. The molecule has 0 saturated carbocycles. The molecule has 0 N–H and O–H groups in total. The van der Waals surface area contributed by atoms with Gasteiger partial charge in [0.25, 0.3) is 0 Å². The quantitative estimate of drug-likeness (QED) is 0.539. The Bertz CT molecular complexity index is 445. The smallest absolute Gasteiger partial charge is 0.308 e. The number of carbonyl (C=O) groups is 3. The molecule has 0 aromatic carbocycles. The topological polar surface area (TPSA) is 88.1 Å². The van der Waals surface area contributed by atoms with Crippen LogP contribution in [-0.4, -0.2) is 48.4 Å². The van der Waals surface area contributed by atoms with Crippen LogP contribution >= 0.6 is 0 Å². The summed E-state index contributed by atoms with van der Waals surface area (Å²) in [5.74, 6) is -0.966. The first-order valence-electron chi connectivity index (χ1n) is 8.01. The Morgan fingerprint density at radius 1 is 1.17 bits per heavy atom. The average Bonchev–Trinajstić information content (AvgIpc) is 2.34. The summed E-state index contributed by atoms with van der Waals surface area (Å²) in [5.41, 5.74) is 0. The summed E-state index contributed by atoms with van der Waals surface area (Å²) in [6, 6.07) is 0. The predicted octanol–water partition coefficient (Wildman–Crippen LogP) is 1.51. The molecule has 23 heavy (non-hydrogen) atoms. The first-order chi connectivity index (χ1) is 10.8. The normalized spacial score (nSPS) is 29.2. The summed E-state index contributed by atoms with van der Waals surface area (Å²) in [6.07, 6.45) is 1.37. The van der Waals surface area contributed by atoms with Gasteiger partial charge in [0.05, 0.1) is 18.6 Å². The lowest BCUT2D eigenvalue weighted by Crippen LogP contribution is -2.45. The van der Waals surface area contributed by atoms with Gasteiger partial charge in [-0.15, -0.1) is 0 Å². The summed E-state index contributed by atoms with van der Waals surface area (Å²) in [5, 5.41) is 0. The van der Waals surface area contributed by atoms with Crippen LogP contribution < -0.4 is 0 Å². The number of carbonyl (C=O) groups excluding carboxylic acids is 3. The van der Waals surface area contributed by atoms with Gasteiger partial charge in [-0.3, -0.25) is 14.4 Å². The van der Waals surface area contributed by atoms with Crippen molar-refractivity contribution in [1.29, 1.82) is 0 Å². The molecule has 7 nitrogen and oxygen atoms in total. The number of rotatable bonds is 6. The van der Waals surface area contributed by atoms with Gasteiger partial charge in [-0.25, -0.2) is 0 Å². The van der Waals surface area contributed by atoms with E-state index in [0.717, 1.165) is 6.42 Å². The molecule has 0 spiro atoms. The Morgan fingerprint density at radius 3 is 2.48 bits per heavy atom. The summed E-state index contributed by atoms with van der Waals surface area (Å²) < 4.78 is 21.6. The highest BCUT2D eigenvalue weighted by atomic mass is 16.6. The molecule has 2 rings (SSSR count). The van der Waals surface area contributed by atoms with Gasteiger partial charge in [0.15, 0.2) is 0 Å². The second-order valence-corrected chi connectivity index (χ2v) is 6.29. The SMILES string of the molecule is CC(=O)O[C@H](C[C@H]1C[C@H]2C[C@H](CC(=O)O2)O1)C[C@H](C)OC(C)=O. The van der Waals surface area contributed by atoms with Crippen LogP contribution in [0.3, 0.4) is 0 Å². The summed E-state index contributed by atoms with van der Waals surface area (Å²) in [4.78, 5) is 33.7. The van der Waals surface area contributed by atoms with Crippen LogP contribution in [0, 0.1) is 0 Å². The molecule has 0 aromatic heterocycles. The zero-order valence-corrected chi connectivity index (χ0v) is 13.8. The Kier molecular flexibility index (Phi) is 5.98. The van der Waals surface area contributed by atoms with Crippen LogP contribution in [0.15, 0.2) is 0 Å². The van der Waals surface area contributed by atoms with Crippen LogP contribution in [-0.2, 0) is 33.3 Å². The maximum absolute atomic E-state index is 11.4. The fourth-order valence-electron chi connectivity index (χ4n) is 3.29. The fraction of sp³-hybridized carbons (Fsp3) is 0.812. The first-order valence-corrected chi connectivity index (χ1v) is 8.01. The minimum absolute atomic E-state index is 0.121. The molecule has 0 radical (unpaired) electrons. The molecule has 7 heteroatoms. The number of esters is 3. The first kappa shape index (κ1) is 17.7. The van der Waals surface area contributed by atoms with Crippen molar-refractivity contribution >= 4 is 17.9 Å². The Hall–Kier alpha value is -1.63. The second kappa shape index (κ2) is 7.77. The minimum Gasteiger partial charge on any atom is -0.463 e. The second-order valence-electron chi connectivity index (χ2n) is 6.29. The van der Waals surface area contributed by atoms with E-state index in [0.29, 0.717) is 19.3 Å². The molecule has 0 amide bonds. The van der Waals surface area contributed by atoms with E-state index in [4.69, 9.17) is 18.9 Å². The number of fused-ring (bicyclic) bond motifs is 2. The van der Waals surface area contributed by atoms with Crippen molar-refractivity contribution in [1.82, 2.24) is 0 Å². The third-order valence-electron chi connectivity index (χ3n) is 3.95. The Balaban J connectivity index is 1.90. The predicted molar refractivity (Wildman–Crippen MR) is 78.4 cm³/mol. The third kappa shape index (κ3) is 5.82. The van der Waals surface area contributed by atoms with Crippen LogP contribution in [0.5, 0.6) is 0 Å². The highest BCUT2D eigenvalue weighted by Gasteiger charge is 2.38. The van der Waals surface area contributed by atoms with Gasteiger partial charge in [0.1, 0.15) is 18.3 Å². The molecular formula is C16H24O7. The number of ether oxygens (including phenoxy) is 4. The maximum atomic E-state index is 11.4. The monoisotopic (exact) mass is 328 g/mol. The average molecular weight is 328 g/mol. The van der Waals surface area contributed by atoms with E-state index >= 15 is 0 Å². The molecule has 2 aliphatic rings.